The van der Waals surface area contributed by atoms with E-state index in [2.05, 4.69) is 44.4 Å². The number of hydrogen-bond acceptors (Lipinski definition) is 4. The van der Waals surface area contributed by atoms with Gasteiger partial charge in [-0.25, -0.2) is 0 Å². The molecule has 6 nitrogen and oxygen atoms in total. The third-order valence-corrected chi connectivity index (χ3v) is 5.55. The van der Waals surface area contributed by atoms with Crippen molar-refractivity contribution in [3.63, 3.8) is 0 Å². The quantitative estimate of drug-likeness (QED) is 0.486. The highest BCUT2D eigenvalue weighted by Gasteiger charge is 2.27. The molecule has 2 heterocycles. The summed E-state index contributed by atoms with van der Waals surface area (Å²) >= 11 is 0. The maximum atomic E-state index is 11.9. The molecule has 6 heteroatoms. The van der Waals surface area contributed by atoms with Crippen molar-refractivity contribution in [2.45, 2.75) is 32.7 Å². The molecule has 1 fully saturated rings. The number of hydrogen-bond donors (Lipinski definition) is 1. The van der Waals surface area contributed by atoms with Crippen molar-refractivity contribution < 1.29 is 9.53 Å². The van der Waals surface area contributed by atoms with Crippen molar-refractivity contribution in [2.75, 3.05) is 46.4 Å². The van der Waals surface area contributed by atoms with Gasteiger partial charge in [0.15, 0.2) is 5.96 Å². The van der Waals surface area contributed by atoms with Gasteiger partial charge in [0.1, 0.15) is 0 Å². The van der Waals surface area contributed by atoms with Crippen molar-refractivity contribution in [1.82, 2.24) is 15.1 Å². The number of piperidine rings is 1. The Balaban J connectivity index is 1.41. The van der Waals surface area contributed by atoms with Crippen LogP contribution in [0.25, 0.3) is 0 Å². The lowest BCUT2D eigenvalue weighted by Gasteiger charge is -2.34. The van der Waals surface area contributed by atoms with Crippen LogP contribution >= 0.6 is 0 Å². The molecule has 2 aliphatic rings. The third-order valence-electron chi connectivity index (χ3n) is 5.55. The number of benzene rings is 1. The van der Waals surface area contributed by atoms with Gasteiger partial charge in [0.25, 0.3) is 0 Å². The highest BCUT2D eigenvalue weighted by Crippen LogP contribution is 2.19. The zero-order valence-corrected chi connectivity index (χ0v) is 16.6. The zero-order valence-electron chi connectivity index (χ0n) is 16.6. The first-order valence-electron chi connectivity index (χ1n) is 10.1. The molecule has 0 spiro atoms. The summed E-state index contributed by atoms with van der Waals surface area (Å²) in [5.74, 6) is 0.924. The van der Waals surface area contributed by atoms with Crippen LogP contribution in [-0.2, 0) is 22.5 Å². The van der Waals surface area contributed by atoms with Crippen molar-refractivity contribution in [1.29, 1.82) is 0 Å². The summed E-state index contributed by atoms with van der Waals surface area (Å²) < 4.78 is 5.15. The molecular formula is C21H32N4O2. The molecule has 1 aromatic rings. The Bertz CT molecular complexity index is 653. The average Bonchev–Trinajstić information content (AvgIpc) is 2.71. The van der Waals surface area contributed by atoms with E-state index >= 15 is 0 Å². The summed E-state index contributed by atoms with van der Waals surface area (Å²) in [7, 11) is 1.83. The van der Waals surface area contributed by atoms with Crippen LogP contribution in [0.3, 0.4) is 0 Å². The first kappa shape index (κ1) is 19.7. The van der Waals surface area contributed by atoms with Crippen LogP contribution < -0.4 is 5.32 Å². The normalized spacial score (nSPS) is 18.9. The molecule has 0 aliphatic carbocycles. The molecule has 0 aromatic heterocycles. The molecule has 1 aromatic carbocycles. The van der Waals surface area contributed by atoms with Gasteiger partial charge < -0.3 is 15.0 Å². The maximum Gasteiger partial charge on any atom is 0.309 e. The van der Waals surface area contributed by atoms with E-state index in [1.54, 1.807) is 0 Å². The lowest BCUT2D eigenvalue weighted by atomic mass is 9.97. The second-order valence-corrected chi connectivity index (χ2v) is 7.28. The second-order valence-electron chi connectivity index (χ2n) is 7.28. The Labute approximate surface area is 162 Å². The van der Waals surface area contributed by atoms with Gasteiger partial charge >= 0.3 is 5.97 Å². The van der Waals surface area contributed by atoms with Gasteiger partial charge in [-0.1, -0.05) is 24.3 Å². The lowest BCUT2D eigenvalue weighted by molar-refractivity contribution is -0.149. The molecule has 0 atom stereocenters. The number of esters is 1. The van der Waals surface area contributed by atoms with Crippen LogP contribution in [0.1, 0.15) is 30.9 Å². The van der Waals surface area contributed by atoms with Gasteiger partial charge in [-0.05, 0) is 37.3 Å². The van der Waals surface area contributed by atoms with Crippen LogP contribution in [-0.4, -0.2) is 68.1 Å². The molecule has 0 amide bonds. The number of carbonyl (C=O) groups is 1. The van der Waals surface area contributed by atoms with E-state index in [0.29, 0.717) is 6.61 Å². The molecular weight excluding hydrogens is 340 g/mol. The van der Waals surface area contributed by atoms with E-state index in [1.165, 1.54) is 11.1 Å². The summed E-state index contributed by atoms with van der Waals surface area (Å²) in [5.41, 5.74) is 2.94. The fourth-order valence-electron chi connectivity index (χ4n) is 3.99. The van der Waals surface area contributed by atoms with Gasteiger partial charge in [-0.2, -0.15) is 0 Å². The molecule has 0 radical (unpaired) electrons. The van der Waals surface area contributed by atoms with Crippen LogP contribution in [0.2, 0.25) is 0 Å². The number of likely N-dealkylation sites (tertiary alicyclic amines) is 1. The smallest absolute Gasteiger partial charge is 0.309 e. The average molecular weight is 373 g/mol. The molecule has 148 valence electrons. The minimum atomic E-state index is -0.0505. The van der Waals surface area contributed by atoms with Gasteiger partial charge in [-0.15, -0.1) is 0 Å². The van der Waals surface area contributed by atoms with Crippen molar-refractivity contribution >= 4 is 11.9 Å². The molecule has 27 heavy (non-hydrogen) atoms. The summed E-state index contributed by atoms with van der Waals surface area (Å²) in [5, 5.41) is 3.50. The first-order chi connectivity index (χ1) is 13.2. The molecule has 1 N–H and O–H groups in total. The van der Waals surface area contributed by atoms with E-state index in [-0.39, 0.29) is 11.9 Å². The van der Waals surface area contributed by atoms with Gasteiger partial charge in [0.05, 0.1) is 12.5 Å². The van der Waals surface area contributed by atoms with Crippen LogP contribution in [0.5, 0.6) is 0 Å². The largest absolute Gasteiger partial charge is 0.466 e. The Hall–Kier alpha value is -2.08. The first-order valence-corrected chi connectivity index (χ1v) is 10.1. The van der Waals surface area contributed by atoms with Gasteiger partial charge in [0.2, 0.25) is 0 Å². The Kier molecular flexibility index (Phi) is 7.10. The SMILES string of the molecule is CCOC(=O)C1CCN(C(=NC)NCCN2CCc3ccccc3C2)CC1. The number of ether oxygens (including phenoxy) is 1. The standard InChI is InChI=1S/C21H32N4O2/c1-3-27-20(26)18-9-13-25(14-10-18)21(22-2)23-11-15-24-12-8-17-6-4-5-7-19(17)16-24/h4-7,18H,3,8-16H2,1-2H3,(H,22,23). The summed E-state index contributed by atoms with van der Waals surface area (Å²) in [4.78, 5) is 21.1. The summed E-state index contributed by atoms with van der Waals surface area (Å²) in [6.45, 7) is 8.05. The third kappa shape index (κ3) is 5.22. The predicted molar refractivity (Wildman–Crippen MR) is 108 cm³/mol. The number of guanidine groups is 1. The van der Waals surface area contributed by atoms with Gasteiger partial charge in [0, 0.05) is 46.3 Å². The van der Waals surface area contributed by atoms with Crippen LogP contribution in [0.15, 0.2) is 29.3 Å². The summed E-state index contributed by atoms with van der Waals surface area (Å²) in [6.07, 6.45) is 2.80. The van der Waals surface area contributed by atoms with Crippen molar-refractivity contribution in [3.05, 3.63) is 35.4 Å². The number of rotatable bonds is 5. The Morgan fingerprint density at radius 2 is 1.96 bits per heavy atom. The monoisotopic (exact) mass is 372 g/mol. The number of nitrogens with zero attached hydrogens (tertiary/aromatic N) is 3. The second kappa shape index (κ2) is 9.74. The fraction of sp³-hybridized carbons (Fsp3) is 0.619. The highest BCUT2D eigenvalue weighted by molar-refractivity contribution is 5.80. The van der Waals surface area contributed by atoms with E-state index in [9.17, 15) is 4.79 Å². The number of aliphatic imine (C=N–C) groups is 1. The maximum absolute atomic E-state index is 11.9. The topological polar surface area (TPSA) is 57.2 Å². The predicted octanol–water partition coefficient (Wildman–Crippen LogP) is 1.90. The molecule has 0 bridgehead atoms. The van der Waals surface area contributed by atoms with Gasteiger partial charge in [-0.3, -0.25) is 14.7 Å². The van der Waals surface area contributed by atoms with E-state index < -0.39 is 0 Å². The van der Waals surface area contributed by atoms with Crippen LogP contribution in [0.4, 0.5) is 0 Å². The number of carbonyl (C=O) groups excluding carboxylic acids is 1. The minimum Gasteiger partial charge on any atom is -0.466 e. The highest BCUT2D eigenvalue weighted by atomic mass is 16.5. The fourth-order valence-corrected chi connectivity index (χ4v) is 3.99. The van der Waals surface area contributed by atoms with Crippen molar-refractivity contribution in [2.24, 2.45) is 10.9 Å². The minimum absolute atomic E-state index is 0.0349. The van der Waals surface area contributed by atoms with Crippen LogP contribution in [0, 0.1) is 5.92 Å². The van der Waals surface area contributed by atoms with Crippen molar-refractivity contribution in [3.8, 4) is 0 Å². The molecule has 3 rings (SSSR count). The van der Waals surface area contributed by atoms with E-state index in [4.69, 9.17) is 4.74 Å². The number of nitrogens with one attached hydrogen (secondary N) is 1. The molecule has 2 aliphatic heterocycles. The zero-order chi connectivity index (χ0) is 19.1. The molecule has 0 unspecified atom stereocenters. The Morgan fingerprint density at radius 1 is 1.22 bits per heavy atom. The Morgan fingerprint density at radius 3 is 2.67 bits per heavy atom. The number of fused-ring (bicyclic) bond motifs is 1. The van der Waals surface area contributed by atoms with E-state index in [1.807, 2.05) is 14.0 Å². The van der Waals surface area contributed by atoms with E-state index in [0.717, 1.165) is 64.5 Å². The summed E-state index contributed by atoms with van der Waals surface area (Å²) in [6, 6.07) is 8.74. The molecule has 1 saturated heterocycles. The lowest BCUT2D eigenvalue weighted by Crippen LogP contribution is -2.48. The molecule has 0 saturated carbocycles.